The van der Waals surface area contributed by atoms with Gasteiger partial charge in [-0.1, -0.05) is 23.7 Å². The van der Waals surface area contributed by atoms with Gasteiger partial charge in [0.25, 0.3) is 5.56 Å². The average Bonchev–Trinajstić information content (AvgIpc) is 2.81. The molecule has 3 aromatic heterocycles. The van der Waals surface area contributed by atoms with Gasteiger partial charge in [-0.3, -0.25) is 14.3 Å². The number of pyridine rings is 2. The molecule has 1 aliphatic rings. The number of aromatic nitrogens is 4. The lowest BCUT2D eigenvalue weighted by molar-refractivity contribution is 0.110. The first-order valence-corrected chi connectivity index (χ1v) is 10.7. The number of aliphatic hydroxyl groups is 1. The number of hydrogen-bond acceptors (Lipinski definition) is 5. The van der Waals surface area contributed by atoms with Gasteiger partial charge in [-0.2, -0.15) is 0 Å². The van der Waals surface area contributed by atoms with Gasteiger partial charge in [0, 0.05) is 34.6 Å². The van der Waals surface area contributed by atoms with E-state index in [2.05, 4.69) is 9.97 Å². The molecule has 0 bridgehead atoms. The number of aliphatic hydroxyl groups excluding tert-OH is 1. The average molecular weight is 433 g/mol. The summed E-state index contributed by atoms with van der Waals surface area (Å²) in [5, 5.41) is 11.0. The monoisotopic (exact) mass is 432 g/mol. The molecule has 4 aromatic rings. The normalized spacial score (nSPS) is 18.9. The molecule has 156 valence electrons. The van der Waals surface area contributed by atoms with Crippen molar-refractivity contribution < 1.29 is 5.11 Å². The van der Waals surface area contributed by atoms with Crippen LogP contribution < -0.4 is 5.56 Å². The van der Waals surface area contributed by atoms with E-state index in [1.54, 1.807) is 35.4 Å². The van der Waals surface area contributed by atoms with E-state index in [0.717, 1.165) is 24.0 Å². The van der Waals surface area contributed by atoms with E-state index in [4.69, 9.17) is 16.6 Å². The Morgan fingerprint density at radius 1 is 1.03 bits per heavy atom. The van der Waals surface area contributed by atoms with Crippen LogP contribution >= 0.6 is 11.6 Å². The van der Waals surface area contributed by atoms with Gasteiger partial charge in [0.15, 0.2) is 0 Å². The van der Waals surface area contributed by atoms with Gasteiger partial charge >= 0.3 is 0 Å². The molecule has 0 amide bonds. The van der Waals surface area contributed by atoms with Gasteiger partial charge in [0.1, 0.15) is 5.52 Å². The maximum Gasteiger partial charge on any atom is 0.261 e. The zero-order valence-electron chi connectivity index (χ0n) is 16.8. The van der Waals surface area contributed by atoms with Crippen LogP contribution in [0.15, 0.2) is 66.0 Å². The van der Waals surface area contributed by atoms with Crippen molar-refractivity contribution in [1.82, 2.24) is 19.5 Å². The van der Waals surface area contributed by atoms with Crippen LogP contribution in [-0.4, -0.2) is 30.7 Å². The Labute approximate surface area is 184 Å². The molecule has 31 heavy (non-hydrogen) atoms. The molecule has 1 N–H and O–H groups in total. The van der Waals surface area contributed by atoms with Crippen molar-refractivity contribution >= 4 is 22.5 Å². The van der Waals surface area contributed by atoms with Gasteiger partial charge in [0.2, 0.25) is 0 Å². The topological polar surface area (TPSA) is 80.9 Å². The summed E-state index contributed by atoms with van der Waals surface area (Å²) in [5.74, 6) is 0. The van der Waals surface area contributed by atoms with E-state index >= 15 is 0 Å². The third kappa shape index (κ3) is 3.84. The molecule has 1 fully saturated rings. The standard InChI is InChI=1S/C24H21ClN4O2/c25-17-5-3-15(4-6-17)21-12-20-23(22(28-21)16-2-1-11-26-13-16)27-14-29(24(20)31)18-7-9-19(30)10-8-18/h1-6,11-14,18-19,30H,7-10H2. The van der Waals surface area contributed by atoms with Gasteiger partial charge in [-0.15, -0.1) is 0 Å². The fraction of sp³-hybridized carbons (Fsp3) is 0.250. The van der Waals surface area contributed by atoms with E-state index in [-0.39, 0.29) is 17.7 Å². The molecular formula is C24H21ClN4O2. The van der Waals surface area contributed by atoms with Crippen LogP contribution in [0.3, 0.4) is 0 Å². The Kier molecular flexibility index (Phi) is 5.26. The van der Waals surface area contributed by atoms with Crippen molar-refractivity contribution in [2.45, 2.75) is 37.8 Å². The van der Waals surface area contributed by atoms with Crippen molar-refractivity contribution in [3.8, 4) is 22.5 Å². The summed E-state index contributed by atoms with van der Waals surface area (Å²) in [6.07, 6.45) is 7.69. The highest BCUT2D eigenvalue weighted by atomic mass is 35.5. The predicted molar refractivity (Wildman–Crippen MR) is 121 cm³/mol. The molecule has 6 nitrogen and oxygen atoms in total. The Morgan fingerprint density at radius 2 is 1.81 bits per heavy atom. The molecule has 0 saturated heterocycles. The van der Waals surface area contributed by atoms with E-state index in [0.29, 0.717) is 40.2 Å². The molecule has 1 saturated carbocycles. The molecule has 5 rings (SSSR count). The summed E-state index contributed by atoms with van der Waals surface area (Å²) in [7, 11) is 0. The highest BCUT2D eigenvalue weighted by Gasteiger charge is 2.23. The molecule has 0 unspecified atom stereocenters. The zero-order chi connectivity index (χ0) is 21.4. The zero-order valence-corrected chi connectivity index (χ0v) is 17.5. The van der Waals surface area contributed by atoms with Gasteiger partial charge in [-0.25, -0.2) is 9.97 Å². The van der Waals surface area contributed by atoms with E-state index in [1.807, 2.05) is 30.3 Å². The number of hydrogen-bond donors (Lipinski definition) is 1. The van der Waals surface area contributed by atoms with Crippen LogP contribution in [0.4, 0.5) is 0 Å². The van der Waals surface area contributed by atoms with Crippen LogP contribution in [0.25, 0.3) is 33.4 Å². The van der Waals surface area contributed by atoms with Crippen molar-refractivity contribution in [3.05, 3.63) is 76.6 Å². The number of halogens is 1. The van der Waals surface area contributed by atoms with Crippen LogP contribution in [0, 0.1) is 0 Å². The number of rotatable bonds is 3. The van der Waals surface area contributed by atoms with E-state index in [9.17, 15) is 9.90 Å². The number of nitrogens with zero attached hydrogens (tertiary/aromatic N) is 4. The first-order chi connectivity index (χ1) is 15.1. The summed E-state index contributed by atoms with van der Waals surface area (Å²) in [6, 6.07) is 13.0. The van der Waals surface area contributed by atoms with E-state index in [1.165, 1.54) is 0 Å². The molecule has 7 heteroatoms. The lowest BCUT2D eigenvalue weighted by atomic mass is 9.93. The van der Waals surface area contributed by atoms with Gasteiger partial charge < -0.3 is 5.11 Å². The van der Waals surface area contributed by atoms with Crippen molar-refractivity contribution in [1.29, 1.82) is 0 Å². The molecule has 0 spiro atoms. The Hall–Kier alpha value is -3.09. The summed E-state index contributed by atoms with van der Waals surface area (Å²) < 4.78 is 1.72. The fourth-order valence-corrected chi connectivity index (χ4v) is 4.34. The molecule has 0 atom stereocenters. The lowest BCUT2D eigenvalue weighted by Gasteiger charge is -2.27. The Morgan fingerprint density at radius 3 is 2.52 bits per heavy atom. The first-order valence-electron chi connectivity index (χ1n) is 10.4. The SMILES string of the molecule is O=c1c2cc(-c3ccc(Cl)cc3)nc(-c3cccnc3)c2ncn1C1CCC(O)CC1. The molecule has 1 aliphatic carbocycles. The minimum absolute atomic E-state index is 0.0433. The number of fused-ring (bicyclic) bond motifs is 1. The molecule has 3 heterocycles. The fourth-order valence-electron chi connectivity index (χ4n) is 4.21. The van der Waals surface area contributed by atoms with E-state index < -0.39 is 0 Å². The van der Waals surface area contributed by atoms with Crippen LogP contribution in [0.5, 0.6) is 0 Å². The van der Waals surface area contributed by atoms with Crippen molar-refractivity contribution in [3.63, 3.8) is 0 Å². The van der Waals surface area contributed by atoms with Gasteiger partial charge in [-0.05, 0) is 56.0 Å². The lowest BCUT2D eigenvalue weighted by Crippen LogP contribution is -2.29. The van der Waals surface area contributed by atoms with Crippen LogP contribution in [0.1, 0.15) is 31.7 Å². The summed E-state index contributed by atoms with van der Waals surface area (Å²) in [6.45, 7) is 0. The molecule has 1 aromatic carbocycles. The van der Waals surface area contributed by atoms with Crippen molar-refractivity contribution in [2.75, 3.05) is 0 Å². The third-order valence-corrected chi connectivity index (χ3v) is 6.16. The second-order valence-electron chi connectivity index (χ2n) is 7.92. The molecule has 0 aliphatic heterocycles. The summed E-state index contributed by atoms with van der Waals surface area (Å²) >= 11 is 6.05. The second kappa shape index (κ2) is 8.21. The highest BCUT2D eigenvalue weighted by molar-refractivity contribution is 6.30. The van der Waals surface area contributed by atoms with Crippen LogP contribution in [-0.2, 0) is 0 Å². The Balaban J connectivity index is 1.72. The summed E-state index contributed by atoms with van der Waals surface area (Å²) in [4.78, 5) is 27.2. The smallest absolute Gasteiger partial charge is 0.261 e. The molecule has 0 radical (unpaired) electrons. The third-order valence-electron chi connectivity index (χ3n) is 5.90. The predicted octanol–water partition coefficient (Wildman–Crippen LogP) is 4.65. The largest absolute Gasteiger partial charge is 0.393 e. The summed E-state index contributed by atoms with van der Waals surface area (Å²) in [5.41, 5.74) is 3.44. The maximum atomic E-state index is 13.5. The van der Waals surface area contributed by atoms with Crippen molar-refractivity contribution in [2.24, 2.45) is 0 Å². The second-order valence-corrected chi connectivity index (χ2v) is 8.36. The first kappa shape index (κ1) is 19.8. The quantitative estimate of drug-likeness (QED) is 0.509. The number of benzene rings is 1. The molecular weight excluding hydrogens is 412 g/mol. The van der Waals surface area contributed by atoms with Gasteiger partial charge in [0.05, 0.1) is 29.2 Å². The minimum atomic E-state index is -0.279. The highest BCUT2D eigenvalue weighted by Crippen LogP contribution is 2.31. The minimum Gasteiger partial charge on any atom is -0.393 e. The Bertz CT molecular complexity index is 1280. The van der Waals surface area contributed by atoms with Crippen LogP contribution in [0.2, 0.25) is 5.02 Å². The maximum absolute atomic E-state index is 13.5.